The van der Waals surface area contributed by atoms with E-state index in [4.69, 9.17) is 0 Å². The molecule has 1 heterocycles. The van der Waals surface area contributed by atoms with Crippen molar-refractivity contribution < 1.29 is 73.6 Å². The van der Waals surface area contributed by atoms with Crippen LogP contribution in [0.5, 0.6) is 0 Å². The van der Waals surface area contributed by atoms with Crippen molar-refractivity contribution in [1.82, 2.24) is 10.2 Å². The molecule has 1 aromatic heterocycles. The first-order valence-electron chi connectivity index (χ1n) is 3.83. The second kappa shape index (κ2) is 17.6. The van der Waals surface area contributed by atoms with Crippen LogP contribution in [0, 0.1) is 0 Å². The van der Waals surface area contributed by atoms with E-state index in [1.165, 1.54) is 0 Å². The van der Waals surface area contributed by atoms with Gasteiger partial charge in [-0.3, -0.25) is 9.31 Å². The van der Waals surface area contributed by atoms with E-state index >= 15 is 0 Å². The Bertz CT molecular complexity index is 382. The van der Waals surface area contributed by atoms with Gasteiger partial charge in [0.2, 0.25) is 0 Å². The zero-order valence-corrected chi connectivity index (χ0v) is 15.9. The zero-order valence-electron chi connectivity index (χ0n) is 9.52. The molecular formula is C9H12Cl4N2OOsS-4. The van der Waals surface area contributed by atoms with E-state index in [-0.39, 0.29) is 69.4 Å². The molecule has 0 radical (unpaired) electrons. The summed E-state index contributed by atoms with van der Waals surface area (Å²) < 4.78 is 9.56. The van der Waals surface area contributed by atoms with Gasteiger partial charge in [-0.25, -0.2) is 0 Å². The van der Waals surface area contributed by atoms with Gasteiger partial charge < -0.3 is 49.6 Å². The third-order valence-corrected chi connectivity index (χ3v) is 1.35. The van der Waals surface area contributed by atoms with Crippen molar-refractivity contribution in [2.24, 2.45) is 0 Å². The molecule has 110 valence electrons. The predicted molar refractivity (Wildman–Crippen MR) is 56.1 cm³/mol. The number of nitrogens with zero attached hydrogens (tertiary/aromatic N) is 1. The van der Waals surface area contributed by atoms with Crippen LogP contribution in [0.3, 0.4) is 0 Å². The Morgan fingerprint density at radius 1 is 1.06 bits per heavy atom. The molecule has 0 saturated carbocycles. The van der Waals surface area contributed by atoms with Gasteiger partial charge in [0, 0.05) is 48.5 Å². The fraction of sp³-hybridized carbons (Fsp3) is 0.222. The molecule has 0 aliphatic rings. The minimum absolute atomic E-state index is 0. The summed E-state index contributed by atoms with van der Waals surface area (Å²) >= 11 is 0. The van der Waals surface area contributed by atoms with Gasteiger partial charge in [0.05, 0.1) is 11.7 Å². The Hall–Kier alpha value is 0.636. The molecular weight excluding hydrogens is 516 g/mol. The van der Waals surface area contributed by atoms with E-state index in [0.29, 0.717) is 0 Å². The summed E-state index contributed by atoms with van der Waals surface area (Å²) in [5.41, 5.74) is 1.09. The van der Waals surface area contributed by atoms with Gasteiger partial charge in [0.1, 0.15) is 0 Å². The fourth-order valence-electron chi connectivity index (χ4n) is 0.883. The topological polar surface area (TPSA) is 45.8 Å². The molecule has 0 saturated heterocycles. The molecule has 0 aliphatic carbocycles. The standard InChI is InChI=1S/C7H6N2.C2H6OS.4ClH.Os/c1-2-4-7-6(3-1)5-8-9-7;1-4(2)3;;;;;/h1-5H,(H,8,9);1-2H3;4*1H;/p-4. The summed E-state index contributed by atoms with van der Waals surface area (Å²) in [6.07, 6.45) is 5.09. The fourth-order valence-corrected chi connectivity index (χ4v) is 0.883. The number of halogens is 4. The van der Waals surface area contributed by atoms with E-state index in [2.05, 4.69) is 10.2 Å². The largest absolute Gasteiger partial charge is 1.00 e. The van der Waals surface area contributed by atoms with Crippen molar-refractivity contribution in [3.05, 3.63) is 30.5 Å². The van der Waals surface area contributed by atoms with Crippen molar-refractivity contribution in [2.75, 3.05) is 12.5 Å². The molecule has 18 heavy (non-hydrogen) atoms. The van der Waals surface area contributed by atoms with Crippen molar-refractivity contribution >= 4 is 21.7 Å². The average molecular weight is 528 g/mol. The first kappa shape index (κ1) is 31.2. The van der Waals surface area contributed by atoms with Crippen LogP contribution in [0.4, 0.5) is 0 Å². The predicted octanol–water partition coefficient (Wildman–Crippen LogP) is -10.4. The molecule has 0 unspecified atom stereocenters. The number of rotatable bonds is 0. The maximum atomic E-state index is 9.56. The molecule has 3 nitrogen and oxygen atoms in total. The normalized spacial score (nSPS) is 7.06. The smallest absolute Gasteiger partial charge is 0.0650 e. The Morgan fingerprint density at radius 3 is 1.94 bits per heavy atom. The van der Waals surface area contributed by atoms with E-state index in [1.807, 2.05) is 30.5 Å². The summed E-state index contributed by atoms with van der Waals surface area (Å²) in [5.74, 6) is 0. The van der Waals surface area contributed by atoms with E-state index < -0.39 is 10.8 Å². The number of H-pyrrole nitrogens is 1. The number of hydrogen-bond donors (Lipinski definition) is 1. The molecule has 1 N–H and O–H groups in total. The SMILES string of the molecule is CS(C)=O.[Cl-].[Cl-].[Cl-].[Cl-].[Os].c1ccc2[nH]ncc2c1. The second-order valence-corrected chi connectivity index (χ2v) is 4.18. The molecule has 0 bridgehead atoms. The van der Waals surface area contributed by atoms with Crippen LogP contribution in [0.1, 0.15) is 0 Å². The maximum absolute atomic E-state index is 9.56. The summed E-state index contributed by atoms with van der Waals surface area (Å²) in [7, 11) is -0.611. The second-order valence-electron chi connectivity index (χ2n) is 2.70. The van der Waals surface area contributed by atoms with Crippen LogP contribution in [0.25, 0.3) is 10.9 Å². The van der Waals surface area contributed by atoms with Crippen LogP contribution < -0.4 is 49.6 Å². The monoisotopic (exact) mass is 528 g/mol. The van der Waals surface area contributed by atoms with Gasteiger partial charge in [0.15, 0.2) is 0 Å². The number of nitrogens with one attached hydrogen (secondary N) is 1. The van der Waals surface area contributed by atoms with Crippen LogP contribution >= 0.6 is 0 Å². The van der Waals surface area contributed by atoms with Crippen LogP contribution in [-0.2, 0) is 30.6 Å². The van der Waals surface area contributed by atoms with Crippen LogP contribution in [0.2, 0.25) is 0 Å². The first-order valence-corrected chi connectivity index (χ1v) is 5.80. The summed E-state index contributed by atoms with van der Waals surface area (Å²) in [6.45, 7) is 0. The molecule has 0 atom stereocenters. The van der Waals surface area contributed by atoms with Crippen molar-refractivity contribution in [3.63, 3.8) is 0 Å². The summed E-state index contributed by atoms with van der Waals surface area (Å²) in [4.78, 5) is 0. The van der Waals surface area contributed by atoms with Gasteiger partial charge >= 0.3 is 0 Å². The van der Waals surface area contributed by atoms with Gasteiger partial charge in [-0.2, -0.15) is 5.10 Å². The molecule has 0 amide bonds. The van der Waals surface area contributed by atoms with Gasteiger partial charge in [-0.1, -0.05) is 18.2 Å². The average Bonchev–Trinajstić information content (AvgIpc) is 2.49. The number of fused-ring (bicyclic) bond motifs is 1. The van der Waals surface area contributed by atoms with Crippen molar-refractivity contribution in [2.45, 2.75) is 0 Å². The first-order chi connectivity index (χ1) is 6.20. The Balaban J connectivity index is -0.0000000574. The quantitative estimate of drug-likeness (QED) is 0.370. The minimum Gasteiger partial charge on any atom is -1.00 e. The number of aromatic amines is 1. The minimum atomic E-state index is -0.611. The maximum Gasteiger partial charge on any atom is 0.0650 e. The van der Waals surface area contributed by atoms with E-state index in [0.717, 1.165) is 10.9 Å². The Kier molecular flexibility index (Phi) is 30.5. The third kappa shape index (κ3) is 13.1. The molecule has 1 aromatic carbocycles. The molecule has 0 fully saturated rings. The number of para-hydroxylation sites is 1. The molecule has 0 spiro atoms. The van der Waals surface area contributed by atoms with Crippen LogP contribution in [0.15, 0.2) is 30.5 Å². The third-order valence-electron chi connectivity index (χ3n) is 1.35. The van der Waals surface area contributed by atoms with Gasteiger partial charge in [-0.05, 0) is 6.07 Å². The van der Waals surface area contributed by atoms with Gasteiger partial charge in [0.25, 0.3) is 0 Å². The van der Waals surface area contributed by atoms with Crippen LogP contribution in [-0.4, -0.2) is 26.9 Å². The molecule has 0 aliphatic heterocycles. The molecule has 2 aromatic rings. The van der Waals surface area contributed by atoms with E-state index in [9.17, 15) is 4.21 Å². The number of hydrogen-bond acceptors (Lipinski definition) is 2. The number of benzene rings is 1. The molecule has 9 heteroatoms. The summed E-state index contributed by atoms with van der Waals surface area (Å²) in [6, 6.07) is 8.01. The van der Waals surface area contributed by atoms with Gasteiger partial charge in [-0.15, -0.1) is 0 Å². The molecule has 2 rings (SSSR count). The zero-order chi connectivity index (χ0) is 9.68. The van der Waals surface area contributed by atoms with Crippen molar-refractivity contribution in [3.8, 4) is 0 Å². The Labute approximate surface area is 147 Å². The van der Waals surface area contributed by atoms with E-state index in [1.54, 1.807) is 12.5 Å². The Morgan fingerprint density at radius 2 is 1.50 bits per heavy atom. The number of aromatic nitrogens is 2. The van der Waals surface area contributed by atoms with Crippen molar-refractivity contribution in [1.29, 1.82) is 0 Å². The summed E-state index contributed by atoms with van der Waals surface area (Å²) in [5, 5.41) is 7.91.